The Morgan fingerprint density at radius 2 is 0.474 bits per heavy atom. The lowest BCUT2D eigenvalue weighted by molar-refractivity contribution is -0.407. The summed E-state index contributed by atoms with van der Waals surface area (Å²) in [4.78, 5) is 12.5. The van der Waals surface area contributed by atoms with E-state index >= 15 is 0 Å². The Hall–Kier alpha value is -2.49. The van der Waals surface area contributed by atoms with Gasteiger partial charge >= 0.3 is 0 Å². The third-order valence-electron chi connectivity index (χ3n) is 21.5. The molecule has 0 aromatic rings. The van der Waals surface area contributed by atoms with Gasteiger partial charge in [0.1, 0.15) is 238 Å². The molecule has 664 valence electrons. The van der Waals surface area contributed by atoms with Crippen molar-refractivity contribution in [3.05, 3.63) is 0 Å². The number of nitrogens with one attached hydrogen (secondary N) is 1. The lowest BCUT2D eigenvalue weighted by Gasteiger charge is -2.50. The van der Waals surface area contributed by atoms with Crippen LogP contribution in [0.15, 0.2) is 0 Å². The van der Waals surface area contributed by atoms with Crippen LogP contribution < -0.4 is 5.32 Å². The van der Waals surface area contributed by atoms with E-state index in [9.17, 15) is 158 Å². The summed E-state index contributed by atoms with van der Waals surface area (Å²) in [5.41, 5.74) is 0. The van der Waals surface area contributed by atoms with Crippen LogP contribution in [0.25, 0.3) is 0 Å². The number of hydrogen-bond donors (Lipinski definition) is 31. The molecule has 51 nitrogen and oxygen atoms in total. The minimum absolute atomic E-state index is 0.722. The number of carbonyl (C=O) groups excluding carboxylic acids is 1. The van der Waals surface area contributed by atoms with E-state index in [2.05, 4.69) is 5.32 Å². The van der Waals surface area contributed by atoms with Crippen molar-refractivity contribution in [2.24, 2.45) is 0 Å². The first kappa shape index (κ1) is 93.8. The Morgan fingerprint density at radius 1 is 0.237 bits per heavy atom. The van der Waals surface area contributed by atoms with E-state index in [1.807, 2.05) is 0 Å². The summed E-state index contributed by atoms with van der Waals surface area (Å²) in [6.45, 7) is -8.51. The van der Waals surface area contributed by atoms with E-state index in [0.717, 1.165) is 6.92 Å². The molecule has 0 aliphatic carbocycles. The van der Waals surface area contributed by atoms with Crippen LogP contribution in [0.1, 0.15) is 13.8 Å². The maximum absolute atomic E-state index is 12.6. The highest BCUT2D eigenvalue weighted by atomic mass is 16.8. The minimum Gasteiger partial charge on any atom is -0.394 e. The maximum Gasteiger partial charge on any atom is 0.217 e. The van der Waals surface area contributed by atoms with Crippen LogP contribution in [0.5, 0.6) is 0 Å². The molecule has 50 atom stereocenters. The van der Waals surface area contributed by atoms with Crippen molar-refractivity contribution in [2.75, 3.05) is 66.1 Å². The Morgan fingerprint density at radius 3 is 0.798 bits per heavy atom. The molecule has 10 heterocycles. The van der Waals surface area contributed by atoms with Crippen molar-refractivity contribution in [3.63, 3.8) is 0 Å². The predicted molar refractivity (Wildman–Crippen MR) is 345 cm³/mol. The average Bonchev–Trinajstić information content (AvgIpc) is 0.725. The molecular formula is C63H107NO50. The van der Waals surface area contributed by atoms with Gasteiger partial charge in [0.25, 0.3) is 0 Å². The first-order valence-corrected chi connectivity index (χ1v) is 36.5. The average molecular weight is 1680 g/mol. The van der Waals surface area contributed by atoms with Gasteiger partial charge in [-0.3, -0.25) is 4.79 Å². The number of rotatable bonds is 29. The number of ether oxygens (including phenoxy) is 19. The zero-order valence-corrected chi connectivity index (χ0v) is 60.5. The van der Waals surface area contributed by atoms with Gasteiger partial charge in [0.2, 0.25) is 5.91 Å². The van der Waals surface area contributed by atoms with Crippen molar-refractivity contribution in [1.82, 2.24) is 5.32 Å². The summed E-state index contributed by atoms with van der Waals surface area (Å²) in [7, 11) is 0. The van der Waals surface area contributed by atoms with E-state index in [1.165, 1.54) is 6.92 Å². The first-order valence-electron chi connectivity index (χ1n) is 36.5. The van der Waals surface area contributed by atoms with Gasteiger partial charge in [-0.2, -0.15) is 0 Å². The van der Waals surface area contributed by atoms with Crippen molar-refractivity contribution < 1.29 is 248 Å². The normalized spacial score (nSPS) is 52.6. The zero-order valence-electron chi connectivity index (χ0n) is 60.5. The summed E-state index contributed by atoms with van der Waals surface area (Å²) in [5, 5.41) is 334. The summed E-state index contributed by atoms with van der Waals surface area (Å²) in [5.74, 6) is -0.722. The smallest absolute Gasteiger partial charge is 0.217 e. The highest BCUT2D eigenvalue weighted by molar-refractivity contribution is 5.73. The third kappa shape index (κ3) is 19.8. The Balaban J connectivity index is 0.999. The van der Waals surface area contributed by atoms with Crippen LogP contribution in [0, 0.1) is 0 Å². The molecule has 0 spiro atoms. The van der Waals surface area contributed by atoms with Gasteiger partial charge in [-0.15, -0.1) is 0 Å². The molecule has 0 aromatic heterocycles. The van der Waals surface area contributed by atoms with E-state index in [1.54, 1.807) is 0 Å². The topological polar surface area (TPSA) is 811 Å². The molecule has 0 bridgehead atoms. The van der Waals surface area contributed by atoms with Crippen molar-refractivity contribution in [2.45, 2.75) is 321 Å². The molecule has 0 aromatic carbocycles. The highest BCUT2D eigenvalue weighted by Crippen LogP contribution is 2.41. The fourth-order valence-corrected chi connectivity index (χ4v) is 14.8. The molecule has 31 N–H and O–H groups in total. The predicted octanol–water partition coefficient (Wildman–Crippen LogP) is -21.6. The fraction of sp³-hybridized carbons (Fsp3) is 0.984. The molecule has 114 heavy (non-hydrogen) atoms. The van der Waals surface area contributed by atoms with E-state index in [0.29, 0.717) is 0 Å². The Bertz CT molecular complexity index is 2910. The van der Waals surface area contributed by atoms with Crippen molar-refractivity contribution in [3.8, 4) is 0 Å². The molecule has 0 saturated carbocycles. The van der Waals surface area contributed by atoms with Crippen molar-refractivity contribution >= 4 is 5.91 Å². The summed E-state index contributed by atoms with van der Waals surface area (Å²) >= 11 is 0. The van der Waals surface area contributed by atoms with Gasteiger partial charge in [0.05, 0.1) is 78.2 Å². The Labute approximate surface area is 644 Å². The second kappa shape index (κ2) is 40.7. The molecule has 10 aliphatic rings. The molecule has 10 rings (SSSR count). The van der Waals surface area contributed by atoms with Crippen LogP contribution in [0.2, 0.25) is 0 Å². The number of amides is 1. The van der Waals surface area contributed by atoms with E-state index in [-0.39, 0.29) is 0 Å². The summed E-state index contributed by atoms with van der Waals surface area (Å²) in [6.07, 6.45) is -104. The van der Waals surface area contributed by atoms with Crippen molar-refractivity contribution in [1.29, 1.82) is 0 Å². The second-order valence-electron chi connectivity index (χ2n) is 29.1. The molecule has 51 heteroatoms. The number of aliphatic hydroxyl groups excluding tert-OH is 30. The highest BCUT2D eigenvalue weighted by Gasteiger charge is 2.61. The van der Waals surface area contributed by atoms with E-state index < -0.39 is 379 Å². The van der Waals surface area contributed by atoms with Gasteiger partial charge in [-0.25, -0.2) is 0 Å². The number of aliphatic hydroxyl groups is 30. The molecule has 10 aliphatic heterocycles. The minimum atomic E-state index is -2.54. The summed E-state index contributed by atoms with van der Waals surface area (Å²) in [6, 6.07) is -1.37. The van der Waals surface area contributed by atoms with Crippen LogP contribution in [0.3, 0.4) is 0 Å². The molecule has 10 saturated heterocycles. The SMILES string of the molecule is CC(=O)NC1[C@H](C)OC(CO)[C@@H](O[C@@H]2OC(CO[C@H]3OC(CO[C@H]4OC(CO)C(O)[C@H](O)C4O[C@H]4OC(CO)[C@@H](O)[C@H](O)C4O)[C@@H](O)[C@H](O[C@H]4OC(CO)[C@@H](O)C(O)C4O[C@H]4OC(CO)[C@@H](O)C(O)C4O)C3O)[C@@H](O)[C@H](O[C@H]3OC(CO)[C@@H](O)C(O)C3O[C@H]3OC(CO)[C@@H](O)C(O)C3O[C@H]3OC(CO)[C@@H](O)C(O)C3O)C2O)[C@@H]1O. The van der Waals surface area contributed by atoms with E-state index in [4.69, 9.17) is 90.0 Å². The van der Waals surface area contributed by atoms with Gasteiger partial charge in [0, 0.05) is 6.92 Å². The largest absolute Gasteiger partial charge is 0.394 e. The van der Waals surface area contributed by atoms with Crippen LogP contribution >= 0.6 is 0 Å². The van der Waals surface area contributed by atoms with Gasteiger partial charge in [-0.05, 0) is 6.92 Å². The second-order valence-corrected chi connectivity index (χ2v) is 29.1. The molecule has 10 fully saturated rings. The van der Waals surface area contributed by atoms with Crippen LogP contribution in [-0.4, -0.2) is 532 Å². The quantitative estimate of drug-likeness (QED) is 0.0331. The molecule has 1 amide bonds. The van der Waals surface area contributed by atoms with Gasteiger partial charge in [0.15, 0.2) is 56.6 Å². The maximum atomic E-state index is 12.6. The van der Waals surface area contributed by atoms with Gasteiger partial charge in [-0.1, -0.05) is 0 Å². The third-order valence-corrected chi connectivity index (χ3v) is 21.5. The lowest BCUT2D eigenvalue weighted by Crippen LogP contribution is -2.69. The molecular weight excluding hydrogens is 1570 g/mol. The molecule has 26 unspecified atom stereocenters. The number of carbonyl (C=O) groups is 1. The zero-order chi connectivity index (χ0) is 83.7. The standard InChI is InChI=1S/C63H107NO50/c1-13-25(64-14(2)73)35(83)48(22(10-72)98-13)108-59-47(95)50(110-62-54(42(90)32(80)20(8-70)104-62)114-63-53(41(89)31(79)21(9-71)105-63)113-58-45(93)38(86)28(76)17(5-67)101-58)34(82)24(107-59)11-96-55-46(94)49(109-61-52(40(88)30(78)19(7-69)103-61)112-57-44(92)37(85)27(75)16(4-66)100-57)33(81)23(106-55)12-97-60-51(39(87)29(77)18(6-68)102-60)111-56-43(91)36(84)26(74)15(3-65)99-56/h13,15-63,65-72,74-95H,3-12H2,1-2H3,(H,64,73)/t13-,15?,16?,17?,18?,19?,20?,21?,22?,23?,24?,25?,26+,27+,28+,29?,30+,31+,32+,33+,34+,35+,36-,37?,38?,39-,40?,41?,42?,43?,44?,45?,46?,47?,48+,49-,50-,51?,52?,53?,54?,55-,56+,57+,58+,59-,60-,61+,62+,63+/m0/s1. The fourth-order valence-electron chi connectivity index (χ4n) is 14.8. The number of hydrogen-bond acceptors (Lipinski definition) is 50. The van der Waals surface area contributed by atoms with Gasteiger partial charge < -0.3 is 249 Å². The Kier molecular flexibility index (Phi) is 33.5. The monoisotopic (exact) mass is 1680 g/mol. The lowest BCUT2D eigenvalue weighted by atomic mass is 9.92. The first-order chi connectivity index (χ1) is 54.0. The summed E-state index contributed by atoms with van der Waals surface area (Å²) < 4.78 is 112. The van der Waals surface area contributed by atoms with Crippen LogP contribution in [0.4, 0.5) is 0 Å². The molecule has 0 radical (unpaired) electrons. The van der Waals surface area contributed by atoms with Crippen LogP contribution in [-0.2, 0) is 94.8 Å².